The Labute approximate surface area is 171 Å². The number of hydrogen-bond acceptors (Lipinski definition) is 4. The van der Waals surface area contributed by atoms with Crippen LogP contribution < -0.4 is 21.2 Å². The van der Waals surface area contributed by atoms with Crippen molar-refractivity contribution >= 4 is 23.6 Å². The van der Waals surface area contributed by atoms with Gasteiger partial charge < -0.3 is 4.90 Å². The van der Waals surface area contributed by atoms with Gasteiger partial charge in [-0.3, -0.25) is 9.89 Å². The summed E-state index contributed by atoms with van der Waals surface area (Å²) in [7, 11) is 0. The maximum atomic E-state index is 12.9. The lowest BCUT2D eigenvalue weighted by molar-refractivity contribution is 0.777. The maximum Gasteiger partial charge on any atom is 0.276 e. The highest BCUT2D eigenvalue weighted by atomic mass is 16.1. The summed E-state index contributed by atoms with van der Waals surface area (Å²) in [6.07, 6.45) is 0. The highest BCUT2D eigenvalue weighted by Gasteiger charge is 2.16. The maximum absolute atomic E-state index is 12.9. The van der Waals surface area contributed by atoms with Crippen molar-refractivity contribution in [1.29, 1.82) is 0 Å². The summed E-state index contributed by atoms with van der Waals surface area (Å²) in [5.74, 6) is 0.0981. The van der Waals surface area contributed by atoms with E-state index in [0.717, 1.165) is 35.6 Å². The predicted molar refractivity (Wildman–Crippen MR) is 120 cm³/mol. The summed E-state index contributed by atoms with van der Waals surface area (Å²) in [6.45, 7) is 20.3. The van der Waals surface area contributed by atoms with Crippen LogP contribution in [0.4, 0.5) is 11.4 Å². The number of nitrogens with one attached hydrogen (secondary N) is 1. The molecule has 0 saturated heterocycles. The Hall–Kier alpha value is -2.89. The van der Waals surface area contributed by atoms with Crippen molar-refractivity contribution in [3.05, 3.63) is 55.6 Å². The van der Waals surface area contributed by atoms with Gasteiger partial charge in [0, 0.05) is 30.0 Å². The predicted octanol–water partition coefficient (Wildman–Crippen LogP) is 3.28. The van der Waals surface area contributed by atoms with Gasteiger partial charge in [0.2, 0.25) is 0 Å². The van der Waals surface area contributed by atoms with Gasteiger partial charge >= 0.3 is 0 Å². The molecule has 1 aromatic carbocycles. The molecule has 6 nitrogen and oxygen atoms in total. The van der Waals surface area contributed by atoms with E-state index >= 15 is 0 Å². The minimum Gasteiger partial charge on any atom is -0.372 e. The van der Waals surface area contributed by atoms with Crippen molar-refractivity contribution in [2.45, 2.75) is 54.4 Å². The number of benzene rings is 1. The van der Waals surface area contributed by atoms with Gasteiger partial charge in [0.05, 0.1) is 11.0 Å². The monoisotopic (exact) mass is 393 g/mol. The summed E-state index contributed by atoms with van der Waals surface area (Å²) < 4.78 is 1.47. The van der Waals surface area contributed by atoms with E-state index < -0.39 is 0 Å². The SMILES string of the molecule is C=c1[nH]n2c(=O)c(C(C)C)c(C)nc2c1=Nc1c(C)cc(N(CC)CC)cc1C. The molecule has 0 fully saturated rings. The Kier molecular flexibility index (Phi) is 5.64. The molecule has 1 N–H and O–H groups in total. The number of aryl methyl sites for hydroxylation is 3. The van der Waals surface area contributed by atoms with E-state index in [9.17, 15) is 4.79 Å². The normalized spacial score (nSPS) is 12.3. The Morgan fingerprint density at radius 3 is 2.28 bits per heavy atom. The Balaban J connectivity index is 2.28. The van der Waals surface area contributed by atoms with Crippen LogP contribution in [0.25, 0.3) is 12.2 Å². The molecule has 0 atom stereocenters. The number of aromatic nitrogens is 3. The lowest BCUT2D eigenvalue weighted by Gasteiger charge is -2.22. The van der Waals surface area contributed by atoms with Gasteiger partial charge in [0.15, 0.2) is 5.65 Å². The van der Waals surface area contributed by atoms with Gasteiger partial charge in [0.1, 0.15) is 5.36 Å². The lowest BCUT2D eigenvalue weighted by atomic mass is 10.0. The fourth-order valence-electron chi connectivity index (χ4n) is 4.00. The third-order valence-electron chi connectivity index (χ3n) is 5.46. The topological polar surface area (TPSA) is 65.8 Å². The first kappa shape index (κ1) is 20.8. The zero-order valence-electron chi connectivity index (χ0n) is 18.6. The van der Waals surface area contributed by atoms with Gasteiger partial charge in [-0.1, -0.05) is 20.4 Å². The van der Waals surface area contributed by atoms with E-state index in [1.165, 1.54) is 10.2 Å². The average Bonchev–Trinajstić information content (AvgIpc) is 2.94. The third-order valence-corrected chi connectivity index (χ3v) is 5.46. The van der Waals surface area contributed by atoms with E-state index in [-0.39, 0.29) is 11.5 Å². The molecule has 0 amide bonds. The third kappa shape index (κ3) is 3.59. The number of nitrogens with zero attached hydrogens (tertiary/aromatic N) is 4. The van der Waals surface area contributed by atoms with Crippen LogP contribution in [0, 0.1) is 20.8 Å². The molecule has 0 aliphatic rings. The molecule has 0 radical (unpaired) electrons. The molecule has 3 rings (SSSR count). The first-order chi connectivity index (χ1) is 13.7. The summed E-state index contributed by atoms with van der Waals surface area (Å²) in [6, 6.07) is 4.33. The van der Waals surface area contributed by atoms with Crippen LogP contribution in [0.1, 0.15) is 56.0 Å². The molecule has 0 aliphatic carbocycles. The van der Waals surface area contributed by atoms with Crippen LogP contribution >= 0.6 is 0 Å². The van der Waals surface area contributed by atoms with E-state index in [4.69, 9.17) is 9.98 Å². The van der Waals surface area contributed by atoms with Crippen LogP contribution in [0.3, 0.4) is 0 Å². The van der Waals surface area contributed by atoms with Crippen molar-refractivity contribution < 1.29 is 0 Å². The van der Waals surface area contributed by atoms with Gasteiger partial charge in [-0.15, -0.1) is 0 Å². The first-order valence-electron chi connectivity index (χ1n) is 10.2. The molecule has 2 aromatic heterocycles. The highest BCUT2D eigenvalue weighted by Crippen LogP contribution is 2.29. The lowest BCUT2D eigenvalue weighted by Crippen LogP contribution is -2.24. The molecule has 0 aliphatic heterocycles. The zero-order valence-corrected chi connectivity index (χ0v) is 18.6. The molecular weight excluding hydrogens is 362 g/mol. The molecule has 0 bridgehead atoms. The molecule has 0 spiro atoms. The zero-order chi connectivity index (χ0) is 21.5. The fraction of sp³-hybridized carbons (Fsp3) is 0.435. The highest BCUT2D eigenvalue weighted by molar-refractivity contribution is 5.63. The molecule has 0 saturated carbocycles. The van der Waals surface area contributed by atoms with Crippen LogP contribution in [-0.4, -0.2) is 27.7 Å². The fourth-order valence-corrected chi connectivity index (χ4v) is 4.00. The second-order valence-corrected chi connectivity index (χ2v) is 7.88. The molecule has 3 aromatic rings. The number of aromatic amines is 1. The van der Waals surface area contributed by atoms with E-state index in [2.05, 4.69) is 56.4 Å². The van der Waals surface area contributed by atoms with E-state index in [1.54, 1.807) is 0 Å². The molecular formula is C23H31N5O. The minimum atomic E-state index is -0.0841. The van der Waals surface area contributed by atoms with Gasteiger partial charge in [-0.2, -0.15) is 4.52 Å². The second kappa shape index (κ2) is 7.85. The van der Waals surface area contributed by atoms with E-state index in [0.29, 0.717) is 21.9 Å². The van der Waals surface area contributed by atoms with Crippen LogP contribution in [0.5, 0.6) is 0 Å². The van der Waals surface area contributed by atoms with Crippen molar-refractivity contribution in [2.75, 3.05) is 18.0 Å². The summed E-state index contributed by atoms with van der Waals surface area (Å²) in [5.41, 5.74) is 6.16. The van der Waals surface area contributed by atoms with Crippen LogP contribution in [-0.2, 0) is 0 Å². The average molecular weight is 394 g/mol. The number of hydrogen-bond donors (Lipinski definition) is 1. The Bertz CT molecular complexity index is 1210. The minimum absolute atomic E-state index is 0.0841. The molecule has 29 heavy (non-hydrogen) atoms. The Morgan fingerprint density at radius 2 is 1.76 bits per heavy atom. The smallest absolute Gasteiger partial charge is 0.276 e. The number of anilines is 1. The Morgan fingerprint density at radius 1 is 1.17 bits per heavy atom. The molecule has 154 valence electrons. The van der Waals surface area contributed by atoms with Gasteiger partial charge in [0.25, 0.3) is 5.56 Å². The van der Waals surface area contributed by atoms with Crippen molar-refractivity contribution in [2.24, 2.45) is 4.99 Å². The number of fused-ring (bicyclic) bond motifs is 1. The largest absolute Gasteiger partial charge is 0.372 e. The number of H-pyrrole nitrogens is 1. The molecule has 6 heteroatoms. The summed E-state index contributed by atoms with van der Waals surface area (Å²) in [5, 5.41) is 4.25. The quantitative estimate of drug-likeness (QED) is 0.723. The van der Waals surface area contributed by atoms with E-state index in [1.807, 2.05) is 20.8 Å². The van der Waals surface area contributed by atoms with Crippen molar-refractivity contribution in [1.82, 2.24) is 14.6 Å². The standard InChI is InChI=1S/C23H31N5O/c1-9-27(10-2)18-11-14(5)20(15(6)12-18)25-21-17(8)26-28-22(21)24-16(7)19(13(3)4)23(28)29/h11-13,26H,8-10H2,1-7H3. The van der Waals surface area contributed by atoms with Crippen LogP contribution in [0.15, 0.2) is 21.9 Å². The van der Waals surface area contributed by atoms with Crippen molar-refractivity contribution in [3.8, 4) is 0 Å². The van der Waals surface area contributed by atoms with Crippen LogP contribution in [0.2, 0.25) is 0 Å². The molecule has 2 heterocycles. The first-order valence-corrected chi connectivity index (χ1v) is 10.2. The summed E-state index contributed by atoms with van der Waals surface area (Å²) >= 11 is 0. The summed E-state index contributed by atoms with van der Waals surface area (Å²) in [4.78, 5) is 24.9. The second-order valence-electron chi connectivity index (χ2n) is 7.88. The van der Waals surface area contributed by atoms with Crippen molar-refractivity contribution in [3.63, 3.8) is 0 Å². The molecule has 0 unspecified atom stereocenters. The number of rotatable bonds is 5. The van der Waals surface area contributed by atoms with Gasteiger partial charge in [-0.05, 0) is 63.8 Å². The van der Waals surface area contributed by atoms with Gasteiger partial charge in [-0.25, -0.2) is 9.98 Å².